The van der Waals surface area contributed by atoms with Crippen LogP contribution >= 0.6 is 0 Å². The van der Waals surface area contributed by atoms with Gasteiger partial charge in [0, 0.05) is 0 Å². The zero-order chi connectivity index (χ0) is 13.8. The summed E-state index contributed by atoms with van der Waals surface area (Å²) in [4.78, 5) is 0. The van der Waals surface area contributed by atoms with Crippen molar-refractivity contribution in [3.8, 4) is 11.5 Å². The van der Waals surface area contributed by atoms with Crippen LogP contribution in [0.3, 0.4) is 0 Å². The molecule has 0 radical (unpaired) electrons. The van der Waals surface area contributed by atoms with Gasteiger partial charge in [-0.3, -0.25) is 0 Å². The van der Waals surface area contributed by atoms with Gasteiger partial charge in [0.15, 0.2) is 11.5 Å². The van der Waals surface area contributed by atoms with Crippen LogP contribution in [0.15, 0.2) is 23.8 Å². The van der Waals surface area contributed by atoms with Gasteiger partial charge < -0.3 is 14.6 Å². The molecule has 2 atom stereocenters. The Morgan fingerprint density at radius 3 is 2.63 bits per heavy atom. The molecule has 19 heavy (non-hydrogen) atoms. The van der Waals surface area contributed by atoms with Gasteiger partial charge in [0.2, 0.25) is 0 Å². The average molecular weight is 262 g/mol. The predicted molar refractivity (Wildman–Crippen MR) is 76.5 cm³/mol. The van der Waals surface area contributed by atoms with Crippen LogP contribution in [0.1, 0.15) is 31.7 Å². The number of hydrogen-bond donors (Lipinski definition) is 1. The van der Waals surface area contributed by atoms with Gasteiger partial charge in [-0.1, -0.05) is 19.1 Å². The van der Waals surface area contributed by atoms with Crippen molar-refractivity contribution in [2.45, 2.75) is 32.3 Å². The first-order valence-corrected chi connectivity index (χ1v) is 6.76. The summed E-state index contributed by atoms with van der Waals surface area (Å²) in [6.45, 7) is 2.10. The van der Waals surface area contributed by atoms with Crippen LogP contribution in [0, 0.1) is 5.92 Å². The average Bonchev–Trinajstić information content (AvgIpc) is 2.43. The quantitative estimate of drug-likeness (QED) is 0.908. The van der Waals surface area contributed by atoms with E-state index in [1.54, 1.807) is 14.2 Å². The van der Waals surface area contributed by atoms with Crippen LogP contribution in [0.2, 0.25) is 0 Å². The summed E-state index contributed by atoms with van der Waals surface area (Å²) in [5.41, 5.74) is 2.16. The minimum Gasteiger partial charge on any atom is -0.493 e. The van der Waals surface area contributed by atoms with Gasteiger partial charge in [0.1, 0.15) is 0 Å². The third-order valence-electron chi connectivity index (χ3n) is 3.80. The number of benzene rings is 1. The molecule has 2 unspecified atom stereocenters. The Bertz CT molecular complexity index is 465. The van der Waals surface area contributed by atoms with Gasteiger partial charge in [-0.05, 0) is 48.4 Å². The van der Waals surface area contributed by atoms with Crippen LogP contribution in [-0.4, -0.2) is 25.4 Å². The maximum absolute atomic E-state index is 10.2. The van der Waals surface area contributed by atoms with E-state index < -0.39 is 0 Å². The van der Waals surface area contributed by atoms with Crippen LogP contribution in [0.25, 0.3) is 6.08 Å². The van der Waals surface area contributed by atoms with Crippen molar-refractivity contribution in [3.05, 3.63) is 29.3 Å². The van der Waals surface area contributed by atoms with Gasteiger partial charge in [0.25, 0.3) is 0 Å². The topological polar surface area (TPSA) is 38.7 Å². The Morgan fingerprint density at radius 1 is 1.21 bits per heavy atom. The van der Waals surface area contributed by atoms with Crippen molar-refractivity contribution in [2.24, 2.45) is 5.92 Å². The summed E-state index contributed by atoms with van der Waals surface area (Å²) in [7, 11) is 3.26. The molecular weight excluding hydrogens is 240 g/mol. The zero-order valence-corrected chi connectivity index (χ0v) is 11.8. The lowest BCUT2D eigenvalue weighted by Gasteiger charge is -2.27. The molecule has 0 spiro atoms. The molecule has 1 saturated carbocycles. The predicted octanol–water partition coefficient (Wildman–Crippen LogP) is 3.27. The van der Waals surface area contributed by atoms with E-state index in [1.807, 2.05) is 18.2 Å². The van der Waals surface area contributed by atoms with E-state index in [9.17, 15) is 5.11 Å². The largest absolute Gasteiger partial charge is 0.493 e. The van der Waals surface area contributed by atoms with Crippen molar-refractivity contribution in [3.63, 3.8) is 0 Å². The first kappa shape index (κ1) is 13.9. The van der Waals surface area contributed by atoms with Gasteiger partial charge in [0.05, 0.1) is 20.3 Å². The van der Waals surface area contributed by atoms with E-state index in [0.29, 0.717) is 5.92 Å². The van der Waals surface area contributed by atoms with Crippen LogP contribution in [0.5, 0.6) is 11.5 Å². The second-order valence-corrected chi connectivity index (χ2v) is 5.15. The Hall–Kier alpha value is -1.48. The van der Waals surface area contributed by atoms with Crippen molar-refractivity contribution < 1.29 is 14.6 Å². The van der Waals surface area contributed by atoms with Crippen LogP contribution in [-0.2, 0) is 0 Å². The fourth-order valence-electron chi connectivity index (χ4n) is 2.61. The first-order valence-electron chi connectivity index (χ1n) is 6.76. The van der Waals surface area contributed by atoms with E-state index in [0.717, 1.165) is 41.9 Å². The SMILES string of the molecule is COc1ccc(/C=C2/CCCC(C)C2O)cc1OC. The Kier molecular flexibility index (Phi) is 4.48. The number of methoxy groups -OCH3 is 2. The minimum absolute atomic E-state index is 0.318. The number of hydrogen-bond acceptors (Lipinski definition) is 3. The number of rotatable bonds is 3. The van der Waals surface area contributed by atoms with Crippen molar-refractivity contribution in [1.29, 1.82) is 0 Å². The molecule has 0 bridgehead atoms. The summed E-state index contributed by atoms with van der Waals surface area (Å²) in [6, 6.07) is 5.82. The normalized spacial score (nSPS) is 25.4. The Balaban J connectivity index is 2.27. The fraction of sp³-hybridized carbons (Fsp3) is 0.500. The molecule has 3 nitrogen and oxygen atoms in total. The van der Waals surface area contributed by atoms with Gasteiger partial charge >= 0.3 is 0 Å². The smallest absolute Gasteiger partial charge is 0.161 e. The Labute approximate surface area is 114 Å². The van der Waals surface area contributed by atoms with E-state index in [1.165, 1.54) is 0 Å². The van der Waals surface area contributed by atoms with E-state index in [2.05, 4.69) is 13.0 Å². The molecule has 1 aromatic carbocycles. The molecule has 1 aromatic rings. The molecule has 0 aliphatic heterocycles. The summed E-state index contributed by atoms with van der Waals surface area (Å²) in [5.74, 6) is 1.79. The third-order valence-corrected chi connectivity index (χ3v) is 3.80. The van der Waals surface area contributed by atoms with Crippen molar-refractivity contribution in [2.75, 3.05) is 14.2 Å². The number of aliphatic hydroxyl groups is 1. The highest BCUT2D eigenvalue weighted by Gasteiger charge is 2.23. The summed E-state index contributed by atoms with van der Waals surface area (Å²) in [6.07, 6.45) is 4.98. The van der Waals surface area contributed by atoms with E-state index >= 15 is 0 Å². The lowest BCUT2D eigenvalue weighted by atomic mass is 9.83. The zero-order valence-electron chi connectivity index (χ0n) is 11.8. The molecule has 1 fully saturated rings. The van der Waals surface area contributed by atoms with Gasteiger partial charge in [-0.2, -0.15) is 0 Å². The molecule has 0 heterocycles. The molecule has 1 aliphatic rings. The van der Waals surface area contributed by atoms with Gasteiger partial charge in [-0.15, -0.1) is 0 Å². The molecular formula is C16H22O3. The highest BCUT2D eigenvalue weighted by Crippen LogP contribution is 2.32. The maximum Gasteiger partial charge on any atom is 0.161 e. The number of ether oxygens (including phenoxy) is 2. The van der Waals surface area contributed by atoms with Crippen molar-refractivity contribution in [1.82, 2.24) is 0 Å². The molecule has 0 saturated heterocycles. The maximum atomic E-state index is 10.2. The Morgan fingerprint density at radius 2 is 1.95 bits per heavy atom. The highest BCUT2D eigenvalue weighted by atomic mass is 16.5. The third kappa shape index (κ3) is 3.10. The van der Waals surface area contributed by atoms with Gasteiger partial charge in [-0.25, -0.2) is 0 Å². The second-order valence-electron chi connectivity index (χ2n) is 5.15. The summed E-state index contributed by atoms with van der Waals surface area (Å²) < 4.78 is 10.5. The molecule has 0 aromatic heterocycles. The molecule has 3 heteroatoms. The molecule has 2 rings (SSSR count). The van der Waals surface area contributed by atoms with Crippen LogP contribution in [0.4, 0.5) is 0 Å². The lowest BCUT2D eigenvalue weighted by molar-refractivity contribution is 0.126. The first-order chi connectivity index (χ1) is 9.15. The fourth-order valence-corrected chi connectivity index (χ4v) is 2.61. The van der Waals surface area contributed by atoms with Crippen LogP contribution < -0.4 is 9.47 Å². The summed E-state index contributed by atoms with van der Waals surface area (Å²) >= 11 is 0. The van der Waals surface area contributed by atoms with Crippen molar-refractivity contribution >= 4 is 6.08 Å². The second kappa shape index (κ2) is 6.11. The highest BCUT2D eigenvalue weighted by molar-refractivity contribution is 5.59. The van der Waals surface area contributed by atoms with E-state index in [-0.39, 0.29) is 6.10 Å². The minimum atomic E-state index is -0.318. The van der Waals surface area contributed by atoms with E-state index in [4.69, 9.17) is 9.47 Å². The number of aliphatic hydroxyl groups excluding tert-OH is 1. The summed E-state index contributed by atoms with van der Waals surface area (Å²) in [5, 5.41) is 10.2. The molecule has 1 N–H and O–H groups in total. The lowest BCUT2D eigenvalue weighted by Crippen LogP contribution is -2.24. The monoisotopic (exact) mass is 262 g/mol. The molecule has 104 valence electrons. The molecule has 1 aliphatic carbocycles. The molecule has 0 amide bonds. The standard InChI is InChI=1S/C16H22O3/c1-11-5-4-6-13(16(11)17)9-12-7-8-14(18-2)15(10-12)19-3/h7-11,16-17H,4-6H2,1-3H3/b13-9-.